The molecule has 0 aromatic heterocycles. The minimum absolute atomic E-state index is 0.00615. The summed E-state index contributed by atoms with van der Waals surface area (Å²) in [5.41, 5.74) is -0.840. The fourth-order valence-electron chi connectivity index (χ4n) is 4.12. The van der Waals surface area contributed by atoms with Gasteiger partial charge in [-0.3, -0.25) is 15.1 Å². The largest absolute Gasteiger partial charge is 0.456 e. The van der Waals surface area contributed by atoms with E-state index >= 15 is 0 Å². The molecule has 202 valence electrons. The Balaban J connectivity index is 2.04. The fourth-order valence-corrected chi connectivity index (χ4v) is 4.33. The summed E-state index contributed by atoms with van der Waals surface area (Å²) in [6, 6.07) is 6.90. The van der Waals surface area contributed by atoms with E-state index in [-0.39, 0.29) is 27.8 Å². The van der Waals surface area contributed by atoms with E-state index in [0.29, 0.717) is 32.3 Å². The zero-order chi connectivity index (χ0) is 27.3. The van der Waals surface area contributed by atoms with E-state index in [2.05, 4.69) is 10.0 Å². The second-order valence-corrected chi connectivity index (χ2v) is 8.54. The predicted octanol–water partition coefficient (Wildman–Crippen LogP) is 5.85. The molecule has 2 aromatic rings. The van der Waals surface area contributed by atoms with Gasteiger partial charge in [0.05, 0.1) is 21.1 Å². The molecule has 0 N–H and O–H groups in total. The van der Waals surface area contributed by atoms with Crippen molar-refractivity contribution in [1.29, 1.82) is 0 Å². The van der Waals surface area contributed by atoms with Crippen LogP contribution < -0.4 is 4.74 Å². The van der Waals surface area contributed by atoms with Gasteiger partial charge in [-0.1, -0.05) is 39.3 Å². The first kappa shape index (κ1) is 28.6. The Bertz CT molecular complexity index is 1140. The standard InChI is InChI=1S/C24H30ClF3N6O3/c1-5-30(6-2)32-15-29-23(33(16-32)31(7-3)8-4)19-14-18(10-11-21(19)34(35)36)37-22-12-9-17(13-20(22)25)24(26,27)28/h9-14H,5-8,15-16H2,1-4H3. The first-order chi connectivity index (χ1) is 17.5. The lowest BCUT2D eigenvalue weighted by atomic mass is 10.1. The second kappa shape index (κ2) is 12.1. The molecule has 0 unspecified atom stereocenters. The molecule has 13 heteroatoms. The minimum atomic E-state index is -4.55. The van der Waals surface area contributed by atoms with Gasteiger partial charge in [-0.15, -0.1) is 0 Å². The summed E-state index contributed by atoms with van der Waals surface area (Å²) >= 11 is 6.05. The molecule has 0 atom stereocenters. The lowest BCUT2D eigenvalue weighted by molar-refractivity contribution is -0.385. The average Bonchev–Trinajstić information content (AvgIpc) is 2.86. The van der Waals surface area contributed by atoms with Crippen LogP contribution in [0.4, 0.5) is 18.9 Å². The fraction of sp³-hybridized carbons (Fsp3) is 0.458. The molecule has 9 nitrogen and oxygen atoms in total. The first-order valence-corrected chi connectivity index (χ1v) is 12.3. The quantitative estimate of drug-likeness (QED) is 0.275. The Morgan fingerprint density at radius 3 is 2.24 bits per heavy atom. The molecule has 1 aliphatic heterocycles. The number of hydrogen-bond acceptors (Lipinski definition) is 8. The van der Waals surface area contributed by atoms with E-state index < -0.39 is 16.7 Å². The third-order valence-electron chi connectivity index (χ3n) is 6.02. The third kappa shape index (κ3) is 6.50. The van der Waals surface area contributed by atoms with Crippen LogP contribution in [-0.2, 0) is 6.18 Å². The second-order valence-electron chi connectivity index (χ2n) is 8.13. The maximum atomic E-state index is 13.0. The van der Waals surface area contributed by atoms with Crippen molar-refractivity contribution >= 4 is 23.1 Å². The van der Waals surface area contributed by atoms with Crippen molar-refractivity contribution < 1.29 is 22.8 Å². The Morgan fingerprint density at radius 2 is 1.70 bits per heavy atom. The molecule has 37 heavy (non-hydrogen) atoms. The summed E-state index contributed by atoms with van der Waals surface area (Å²) < 4.78 is 44.7. The molecule has 0 saturated carbocycles. The van der Waals surface area contributed by atoms with Gasteiger partial charge in [0.2, 0.25) is 0 Å². The number of aliphatic imine (C=N–C) groups is 1. The zero-order valence-electron chi connectivity index (χ0n) is 21.1. The van der Waals surface area contributed by atoms with Crippen LogP contribution in [0.3, 0.4) is 0 Å². The number of alkyl halides is 3. The van der Waals surface area contributed by atoms with Crippen LogP contribution in [-0.4, -0.2) is 70.3 Å². The molecule has 1 heterocycles. The lowest BCUT2D eigenvalue weighted by Gasteiger charge is -2.44. The van der Waals surface area contributed by atoms with Gasteiger partial charge in [0.25, 0.3) is 5.69 Å². The summed E-state index contributed by atoms with van der Waals surface area (Å²) in [7, 11) is 0. The van der Waals surface area contributed by atoms with Crippen LogP contribution in [0.5, 0.6) is 11.5 Å². The van der Waals surface area contributed by atoms with Gasteiger partial charge in [0.15, 0.2) is 5.84 Å². The number of hydrazine groups is 2. The number of nitrogens with zero attached hydrogens (tertiary/aromatic N) is 6. The van der Waals surface area contributed by atoms with Gasteiger partial charge in [-0.25, -0.2) is 15.0 Å². The molecule has 0 radical (unpaired) electrons. The average molecular weight is 543 g/mol. The van der Waals surface area contributed by atoms with Gasteiger partial charge < -0.3 is 4.74 Å². The number of nitro benzene ring substituents is 1. The highest BCUT2D eigenvalue weighted by molar-refractivity contribution is 6.32. The van der Waals surface area contributed by atoms with Crippen molar-refractivity contribution in [2.24, 2.45) is 4.99 Å². The van der Waals surface area contributed by atoms with E-state index in [9.17, 15) is 23.3 Å². The van der Waals surface area contributed by atoms with E-state index in [0.717, 1.165) is 31.3 Å². The molecule has 0 fully saturated rings. The van der Waals surface area contributed by atoms with Crippen LogP contribution in [0, 0.1) is 10.1 Å². The van der Waals surface area contributed by atoms with E-state index in [1.165, 1.54) is 18.2 Å². The van der Waals surface area contributed by atoms with Crippen LogP contribution >= 0.6 is 11.6 Å². The van der Waals surface area contributed by atoms with Crippen molar-refractivity contribution in [3.05, 3.63) is 62.7 Å². The maximum absolute atomic E-state index is 13.0. The van der Waals surface area contributed by atoms with Crippen LogP contribution in [0.15, 0.2) is 41.4 Å². The Kier molecular flexibility index (Phi) is 9.35. The molecular weight excluding hydrogens is 513 g/mol. The topological polar surface area (TPSA) is 77.7 Å². The zero-order valence-corrected chi connectivity index (χ0v) is 21.9. The number of amidine groups is 1. The maximum Gasteiger partial charge on any atom is 0.416 e. The van der Waals surface area contributed by atoms with Crippen molar-refractivity contribution in [3.63, 3.8) is 0 Å². The number of ether oxygens (including phenoxy) is 1. The van der Waals surface area contributed by atoms with Gasteiger partial charge in [-0.05, 0) is 30.3 Å². The molecule has 0 bridgehead atoms. The number of halogens is 4. The summed E-state index contributed by atoms with van der Waals surface area (Å²) in [4.78, 5) is 16.2. The Hall–Kier alpha value is -2.93. The molecule has 0 saturated heterocycles. The van der Waals surface area contributed by atoms with Crippen molar-refractivity contribution in [2.75, 3.05) is 39.5 Å². The highest BCUT2D eigenvalue weighted by Gasteiger charge is 2.33. The molecule has 3 rings (SSSR count). The van der Waals surface area contributed by atoms with Crippen molar-refractivity contribution in [2.45, 2.75) is 33.9 Å². The normalized spacial score (nSPS) is 14.9. The smallest absolute Gasteiger partial charge is 0.416 e. The Morgan fingerprint density at radius 1 is 1.05 bits per heavy atom. The summed E-state index contributed by atoms with van der Waals surface area (Å²) in [6.07, 6.45) is -4.55. The Labute approximate surface area is 218 Å². The third-order valence-corrected chi connectivity index (χ3v) is 6.31. The highest BCUT2D eigenvalue weighted by atomic mass is 35.5. The number of nitro groups is 1. The van der Waals surface area contributed by atoms with Gasteiger partial charge in [0, 0.05) is 32.2 Å². The molecule has 2 aromatic carbocycles. The van der Waals surface area contributed by atoms with Crippen LogP contribution in [0.2, 0.25) is 5.02 Å². The molecule has 0 amide bonds. The summed E-state index contributed by atoms with van der Waals surface area (Å²) in [6.45, 7) is 11.7. The highest BCUT2D eigenvalue weighted by Crippen LogP contribution is 2.37. The molecule has 0 aliphatic carbocycles. The molecule has 0 spiro atoms. The number of rotatable bonds is 10. The van der Waals surface area contributed by atoms with Gasteiger partial charge >= 0.3 is 6.18 Å². The predicted molar refractivity (Wildman–Crippen MR) is 135 cm³/mol. The van der Waals surface area contributed by atoms with E-state index in [4.69, 9.17) is 21.3 Å². The van der Waals surface area contributed by atoms with Gasteiger partial charge in [-0.2, -0.15) is 18.2 Å². The first-order valence-electron chi connectivity index (χ1n) is 11.9. The lowest BCUT2D eigenvalue weighted by Crippen LogP contribution is -2.58. The van der Waals surface area contributed by atoms with E-state index in [1.54, 1.807) is 0 Å². The van der Waals surface area contributed by atoms with Crippen molar-refractivity contribution in [3.8, 4) is 11.5 Å². The van der Waals surface area contributed by atoms with Gasteiger partial charge in [0.1, 0.15) is 24.8 Å². The van der Waals surface area contributed by atoms with Crippen LogP contribution in [0.1, 0.15) is 38.8 Å². The monoisotopic (exact) mass is 542 g/mol. The van der Waals surface area contributed by atoms with Crippen LogP contribution in [0.25, 0.3) is 0 Å². The summed E-state index contributed by atoms with van der Waals surface area (Å²) in [5, 5.41) is 19.8. The number of benzene rings is 2. The van der Waals surface area contributed by atoms with Crippen molar-refractivity contribution in [1.82, 2.24) is 20.0 Å². The summed E-state index contributed by atoms with van der Waals surface area (Å²) in [5.74, 6) is 0.576. The molecular formula is C24H30ClF3N6O3. The van der Waals surface area contributed by atoms with E-state index in [1.807, 2.05) is 37.7 Å². The molecule has 1 aliphatic rings. The number of hydrogen-bond donors (Lipinski definition) is 0. The SMILES string of the molecule is CCN(CC)N1CN=C(c2cc(Oc3ccc(C(F)(F)F)cc3Cl)ccc2[N+](=O)[O-])N(N(CC)CC)C1. The minimum Gasteiger partial charge on any atom is -0.456 e.